The van der Waals surface area contributed by atoms with Crippen LogP contribution in [0.25, 0.3) is 11.8 Å². The van der Waals surface area contributed by atoms with Gasteiger partial charge >= 0.3 is 0 Å². The number of allylic oxidation sites excluding steroid dienone is 2. The van der Waals surface area contributed by atoms with Gasteiger partial charge in [-0.05, 0) is 11.3 Å². The molecule has 3 rings (SSSR count). The molecule has 0 unspecified atom stereocenters. The first-order chi connectivity index (χ1) is 8.25. The number of nitrogens with zero attached hydrogens (tertiary/aromatic N) is 2. The summed E-state index contributed by atoms with van der Waals surface area (Å²) in [5.74, 6) is 0.0300. The van der Waals surface area contributed by atoms with Crippen LogP contribution in [0, 0.1) is 0 Å². The van der Waals surface area contributed by atoms with Crippen LogP contribution < -0.4 is 10.4 Å². The van der Waals surface area contributed by atoms with Gasteiger partial charge in [-0.2, -0.15) is 0 Å². The zero-order valence-electron chi connectivity index (χ0n) is 9.00. The van der Waals surface area contributed by atoms with Gasteiger partial charge in [-0.3, -0.25) is 10.0 Å². The fraction of sp³-hybridized carbons (Fsp3) is 0.0769. The average molecular weight is 226 g/mol. The lowest BCUT2D eigenvalue weighted by molar-refractivity contribution is -0.112. The molecule has 1 N–H and O–H groups in total. The zero-order valence-corrected chi connectivity index (χ0v) is 9.00. The maximum atomic E-state index is 12.0. The van der Waals surface area contributed by atoms with Crippen molar-refractivity contribution < 1.29 is 10.0 Å². The van der Waals surface area contributed by atoms with Gasteiger partial charge in [0.1, 0.15) is 0 Å². The summed E-state index contributed by atoms with van der Waals surface area (Å²) in [5.41, 5.74) is 1.08. The van der Waals surface area contributed by atoms with Gasteiger partial charge in [0.15, 0.2) is 5.78 Å². The van der Waals surface area contributed by atoms with E-state index in [1.807, 2.05) is 24.3 Å². The minimum absolute atomic E-state index is 0.0300. The third-order valence-corrected chi connectivity index (χ3v) is 2.81. The molecule has 1 aromatic rings. The van der Waals surface area contributed by atoms with E-state index in [1.165, 1.54) is 6.20 Å². The molecule has 4 heteroatoms. The van der Waals surface area contributed by atoms with Crippen molar-refractivity contribution in [3.63, 3.8) is 0 Å². The van der Waals surface area contributed by atoms with Crippen molar-refractivity contribution in [1.29, 1.82) is 0 Å². The highest BCUT2D eigenvalue weighted by molar-refractivity contribution is 6.47. The predicted molar refractivity (Wildman–Crippen MR) is 63.4 cm³/mol. The normalized spacial score (nSPS) is 17.9. The molecule has 0 bridgehead atoms. The van der Waals surface area contributed by atoms with Crippen molar-refractivity contribution in [3.8, 4) is 0 Å². The van der Waals surface area contributed by atoms with Gasteiger partial charge in [0.05, 0.1) is 17.5 Å². The van der Waals surface area contributed by atoms with E-state index in [1.54, 1.807) is 12.2 Å². The molecular weight excluding hydrogens is 216 g/mol. The van der Waals surface area contributed by atoms with Gasteiger partial charge in [0, 0.05) is 11.6 Å². The number of hydrogen-bond acceptors (Lipinski definition) is 4. The van der Waals surface area contributed by atoms with E-state index in [-0.39, 0.29) is 5.78 Å². The molecule has 2 aliphatic rings. The Labute approximate surface area is 97.4 Å². The maximum Gasteiger partial charge on any atom is 0.169 e. The van der Waals surface area contributed by atoms with Crippen molar-refractivity contribution in [2.75, 3.05) is 0 Å². The quantitative estimate of drug-likeness (QED) is 0.686. The third kappa shape index (κ3) is 1.59. The lowest BCUT2D eigenvalue weighted by atomic mass is 9.95. The van der Waals surface area contributed by atoms with Crippen LogP contribution in [0.2, 0.25) is 0 Å². The summed E-state index contributed by atoms with van der Waals surface area (Å²) in [5, 5.41) is 15.9. The number of rotatable bonds is 0. The van der Waals surface area contributed by atoms with E-state index in [9.17, 15) is 10.0 Å². The lowest BCUT2D eigenvalue weighted by Crippen LogP contribution is -2.32. The molecule has 0 amide bonds. The number of hydrazone groups is 1. The second kappa shape index (κ2) is 3.68. The second-order valence-corrected chi connectivity index (χ2v) is 3.93. The largest absolute Gasteiger partial charge is 0.294 e. The maximum absolute atomic E-state index is 12.0. The molecule has 0 fully saturated rings. The molecule has 0 radical (unpaired) electrons. The van der Waals surface area contributed by atoms with Crippen LogP contribution in [0.5, 0.6) is 0 Å². The molecule has 0 spiro atoms. The Balaban J connectivity index is 2.47. The van der Waals surface area contributed by atoms with Crippen molar-refractivity contribution in [1.82, 2.24) is 5.17 Å². The van der Waals surface area contributed by atoms with Crippen LogP contribution in [0.1, 0.15) is 6.42 Å². The van der Waals surface area contributed by atoms with Crippen LogP contribution >= 0.6 is 0 Å². The molecule has 1 aliphatic carbocycles. The Morgan fingerprint density at radius 1 is 1.29 bits per heavy atom. The van der Waals surface area contributed by atoms with E-state index in [4.69, 9.17) is 0 Å². The summed E-state index contributed by atoms with van der Waals surface area (Å²) in [4.78, 5) is 12.0. The minimum Gasteiger partial charge on any atom is -0.294 e. The first-order valence-corrected chi connectivity index (χ1v) is 5.34. The number of benzene rings is 1. The molecule has 1 heterocycles. The lowest BCUT2D eigenvalue weighted by Gasteiger charge is -2.10. The molecule has 0 atom stereocenters. The molecule has 0 aromatic heterocycles. The minimum atomic E-state index is 0.0300. The number of fused-ring (bicyclic) bond motifs is 2. The number of Topliss-reactive ketones (excluding diaryl/α,β-unsaturated/α-hetero) is 1. The smallest absolute Gasteiger partial charge is 0.169 e. The molecule has 4 nitrogen and oxygen atoms in total. The number of hydrogen-bond donors (Lipinski definition) is 1. The fourth-order valence-corrected chi connectivity index (χ4v) is 2.08. The molecule has 0 saturated carbocycles. The Hall–Kier alpha value is -2.20. The van der Waals surface area contributed by atoms with Crippen LogP contribution in [-0.4, -0.2) is 21.9 Å². The topological polar surface area (TPSA) is 52.9 Å². The summed E-state index contributed by atoms with van der Waals surface area (Å²) < 4.78 is 0. The first-order valence-electron chi connectivity index (χ1n) is 5.34. The SMILES string of the molecule is O=C1CC=CC2=NN(O)C=c3ccccc3=C12. The summed E-state index contributed by atoms with van der Waals surface area (Å²) in [6, 6.07) is 7.44. The molecule has 84 valence electrons. The van der Waals surface area contributed by atoms with Crippen LogP contribution in [0.15, 0.2) is 41.5 Å². The predicted octanol–water partition coefficient (Wildman–Crippen LogP) is 0.165. The van der Waals surface area contributed by atoms with Crippen LogP contribution in [-0.2, 0) is 4.79 Å². The van der Waals surface area contributed by atoms with Gasteiger partial charge in [0.2, 0.25) is 0 Å². The summed E-state index contributed by atoms with van der Waals surface area (Å²) in [6.07, 6.45) is 5.39. The summed E-state index contributed by atoms with van der Waals surface area (Å²) >= 11 is 0. The monoisotopic (exact) mass is 226 g/mol. The van der Waals surface area contributed by atoms with Crippen LogP contribution in [0.3, 0.4) is 0 Å². The van der Waals surface area contributed by atoms with E-state index < -0.39 is 0 Å². The molecule has 1 aliphatic heterocycles. The first kappa shape index (κ1) is 9.99. The Morgan fingerprint density at radius 3 is 3.00 bits per heavy atom. The van der Waals surface area contributed by atoms with Gasteiger partial charge in [-0.25, -0.2) is 0 Å². The Kier molecular flexibility index (Phi) is 2.16. The fourth-order valence-electron chi connectivity index (χ4n) is 2.08. The summed E-state index contributed by atoms with van der Waals surface area (Å²) in [6.45, 7) is 0. The number of ketones is 1. The Morgan fingerprint density at radius 2 is 2.12 bits per heavy atom. The average Bonchev–Trinajstić information content (AvgIpc) is 2.44. The van der Waals surface area contributed by atoms with Gasteiger partial charge in [0.25, 0.3) is 0 Å². The number of hydroxylamine groups is 1. The van der Waals surface area contributed by atoms with E-state index in [0.29, 0.717) is 17.7 Å². The van der Waals surface area contributed by atoms with E-state index in [0.717, 1.165) is 15.6 Å². The van der Waals surface area contributed by atoms with Crippen LogP contribution in [0.4, 0.5) is 0 Å². The number of carbonyl (C=O) groups is 1. The third-order valence-electron chi connectivity index (χ3n) is 2.81. The van der Waals surface area contributed by atoms with E-state index in [2.05, 4.69) is 5.10 Å². The molecule has 17 heavy (non-hydrogen) atoms. The van der Waals surface area contributed by atoms with E-state index >= 15 is 0 Å². The van der Waals surface area contributed by atoms with Gasteiger partial charge < -0.3 is 0 Å². The standard InChI is InChI=1S/C13H10N2O2/c16-12-7-3-6-11-13(12)10-5-2-1-4-9(10)8-15(17)14-11/h1-6,8,17H,7H2. The highest BCUT2D eigenvalue weighted by Crippen LogP contribution is 2.13. The van der Waals surface area contributed by atoms with Gasteiger partial charge in [-0.1, -0.05) is 30.3 Å². The van der Waals surface area contributed by atoms with Crippen molar-refractivity contribution >= 4 is 23.3 Å². The molecular formula is C13H10N2O2. The van der Waals surface area contributed by atoms with Gasteiger partial charge in [-0.15, -0.1) is 10.3 Å². The summed E-state index contributed by atoms with van der Waals surface area (Å²) in [7, 11) is 0. The second-order valence-electron chi connectivity index (χ2n) is 3.93. The highest BCUT2D eigenvalue weighted by Gasteiger charge is 2.20. The highest BCUT2D eigenvalue weighted by atomic mass is 16.5. The Bertz CT molecular complexity index is 671. The van der Waals surface area contributed by atoms with Crippen molar-refractivity contribution in [2.24, 2.45) is 5.10 Å². The number of carbonyl (C=O) groups excluding carboxylic acids is 1. The van der Waals surface area contributed by atoms with Crippen molar-refractivity contribution in [3.05, 3.63) is 46.9 Å². The molecule has 0 saturated heterocycles. The van der Waals surface area contributed by atoms with Crippen molar-refractivity contribution in [2.45, 2.75) is 6.42 Å². The zero-order chi connectivity index (χ0) is 11.8. The molecule has 1 aromatic carbocycles.